The van der Waals surface area contributed by atoms with E-state index in [0.29, 0.717) is 37.4 Å². The van der Waals surface area contributed by atoms with E-state index >= 15 is 0 Å². The van der Waals surface area contributed by atoms with Crippen LogP contribution in [0.5, 0.6) is 0 Å². The lowest BCUT2D eigenvalue weighted by Crippen LogP contribution is -2.63. The third kappa shape index (κ3) is 5.40. The van der Waals surface area contributed by atoms with Gasteiger partial charge in [-0.25, -0.2) is 4.39 Å². The number of piperidine rings is 1. The number of hydrogen-bond acceptors (Lipinski definition) is 4. The van der Waals surface area contributed by atoms with E-state index in [-0.39, 0.29) is 11.4 Å². The van der Waals surface area contributed by atoms with Gasteiger partial charge in [-0.05, 0) is 74.8 Å². The molecule has 0 N–H and O–H groups in total. The maximum absolute atomic E-state index is 13.2. The largest absolute Gasteiger partial charge is 0.377 e. The second-order valence-corrected chi connectivity index (χ2v) is 9.37. The summed E-state index contributed by atoms with van der Waals surface area (Å²) in [6.45, 7) is 8.92. The average molecular weight is 419 g/mol. The highest BCUT2D eigenvalue weighted by atomic mass is 19.1. The van der Waals surface area contributed by atoms with Crippen molar-refractivity contribution in [3.05, 3.63) is 35.6 Å². The summed E-state index contributed by atoms with van der Waals surface area (Å²) >= 11 is 0. The lowest BCUT2D eigenvalue weighted by molar-refractivity contribution is -0.159. The topological polar surface area (TPSA) is 42.0 Å². The Morgan fingerprint density at radius 2 is 2.07 bits per heavy atom. The molecule has 1 aromatic rings. The molecule has 1 atom stereocenters. The first-order chi connectivity index (χ1) is 14.5. The van der Waals surface area contributed by atoms with Gasteiger partial charge in [-0.15, -0.1) is 0 Å². The zero-order valence-corrected chi connectivity index (χ0v) is 18.2. The lowest BCUT2D eigenvalue weighted by Gasteiger charge is -2.47. The Kier molecular flexibility index (Phi) is 7.06. The van der Waals surface area contributed by atoms with Crippen LogP contribution in [0.4, 0.5) is 4.39 Å². The number of likely N-dealkylation sites (tertiary alicyclic amines) is 2. The molecule has 0 aromatic heterocycles. The first kappa shape index (κ1) is 21.7. The summed E-state index contributed by atoms with van der Waals surface area (Å²) in [5.41, 5.74) is 0.747. The minimum atomic E-state index is -0.224. The van der Waals surface area contributed by atoms with E-state index < -0.39 is 0 Å². The third-order valence-electron chi connectivity index (χ3n) is 7.04. The van der Waals surface area contributed by atoms with Crippen molar-refractivity contribution in [2.24, 2.45) is 11.8 Å². The smallest absolute Gasteiger partial charge is 0.223 e. The predicted octanol–water partition coefficient (Wildman–Crippen LogP) is 3.47. The molecule has 1 unspecified atom stereocenters. The minimum absolute atomic E-state index is 0.117. The Bertz CT molecular complexity index is 714. The van der Waals surface area contributed by atoms with Crippen molar-refractivity contribution in [2.75, 3.05) is 45.9 Å². The van der Waals surface area contributed by atoms with E-state index in [1.54, 1.807) is 6.07 Å². The van der Waals surface area contributed by atoms with E-state index in [9.17, 15) is 9.18 Å². The molecule has 0 bridgehead atoms. The van der Waals surface area contributed by atoms with Gasteiger partial charge < -0.3 is 19.3 Å². The van der Waals surface area contributed by atoms with Gasteiger partial charge in [0, 0.05) is 13.0 Å². The maximum Gasteiger partial charge on any atom is 0.223 e. The maximum atomic E-state index is 13.2. The molecule has 30 heavy (non-hydrogen) atoms. The van der Waals surface area contributed by atoms with Crippen LogP contribution < -0.4 is 0 Å². The van der Waals surface area contributed by atoms with Crippen molar-refractivity contribution >= 4 is 5.91 Å². The fourth-order valence-corrected chi connectivity index (χ4v) is 5.12. The molecule has 166 valence electrons. The Morgan fingerprint density at radius 3 is 2.80 bits per heavy atom. The van der Waals surface area contributed by atoms with E-state index in [1.807, 2.05) is 11.0 Å². The molecular weight excluding hydrogens is 383 g/mol. The second kappa shape index (κ2) is 9.75. The fraction of sp³-hybridized carbons (Fsp3) is 0.708. The quantitative estimate of drug-likeness (QED) is 0.607. The van der Waals surface area contributed by atoms with Gasteiger partial charge in [-0.3, -0.25) is 4.79 Å². The standard InChI is InChI=1S/C24H35FN2O3/c1-2-26-9-6-19(7-10-26)13-23(28)27-17-24(18-27)14-21(16-30-24)8-11-29-15-20-4-3-5-22(25)12-20/h3-5,12,19,21H,2,6-11,13-18H2,1H3. The number of carbonyl (C=O) groups is 1. The van der Waals surface area contributed by atoms with Gasteiger partial charge in [-0.1, -0.05) is 19.1 Å². The molecule has 4 rings (SSSR count). The molecule has 3 aliphatic rings. The Balaban J connectivity index is 1.11. The number of amides is 1. The summed E-state index contributed by atoms with van der Waals surface area (Å²) in [5, 5.41) is 0. The van der Waals surface area contributed by atoms with Gasteiger partial charge in [0.15, 0.2) is 0 Å². The summed E-state index contributed by atoms with van der Waals surface area (Å²) in [6.07, 6.45) is 4.94. The van der Waals surface area contributed by atoms with Crippen molar-refractivity contribution < 1.29 is 18.7 Å². The van der Waals surface area contributed by atoms with Crippen LogP contribution in [-0.4, -0.2) is 67.2 Å². The van der Waals surface area contributed by atoms with Gasteiger partial charge in [0.2, 0.25) is 5.91 Å². The van der Waals surface area contributed by atoms with Crippen LogP contribution in [-0.2, 0) is 20.9 Å². The monoisotopic (exact) mass is 418 g/mol. The molecule has 6 heteroatoms. The lowest BCUT2D eigenvalue weighted by atomic mass is 9.85. The number of hydrogen-bond donors (Lipinski definition) is 0. The third-order valence-corrected chi connectivity index (χ3v) is 7.04. The molecule has 5 nitrogen and oxygen atoms in total. The zero-order valence-electron chi connectivity index (χ0n) is 18.2. The molecule has 1 amide bonds. The van der Waals surface area contributed by atoms with E-state index in [4.69, 9.17) is 9.47 Å². The molecule has 0 aliphatic carbocycles. The number of nitrogens with zero attached hydrogens (tertiary/aromatic N) is 2. The normalized spacial score (nSPS) is 24.3. The summed E-state index contributed by atoms with van der Waals surface area (Å²) in [6, 6.07) is 6.55. The van der Waals surface area contributed by atoms with Crippen molar-refractivity contribution in [1.29, 1.82) is 0 Å². The Hall–Kier alpha value is -1.50. The first-order valence-electron chi connectivity index (χ1n) is 11.5. The molecule has 1 spiro atoms. The summed E-state index contributed by atoms with van der Waals surface area (Å²) in [4.78, 5) is 17.1. The van der Waals surface area contributed by atoms with Crippen molar-refractivity contribution in [3.63, 3.8) is 0 Å². The summed E-state index contributed by atoms with van der Waals surface area (Å²) in [5.74, 6) is 1.11. The Morgan fingerprint density at radius 1 is 1.27 bits per heavy atom. The number of rotatable bonds is 8. The summed E-state index contributed by atoms with van der Waals surface area (Å²) in [7, 11) is 0. The predicted molar refractivity (Wildman–Crippen MR) is 113 cm³/mol. The highest BCUT2D eigenvalue weighted by Crippen LogP contribution is 2.39. The Labute approximate surface area is 179 Å². The molecular formula is C24H35FN2O3. The van der Waals surface area contributed by atoms with Crippen LogP contribution in [0.25, 0.3) is 0 Å². The number of halogens is 1. The molecule has 0 radical (unpaired) electrons. The fourth-order valence-electron chi connectivity index (χ4n) is 5.12. The zero-order chi connectivity index (χ0) is 21.0. The van der Waals surface area contributed by atoms with Gasteiger partial charge in [-0.2, -0.15) is 0 Å². The summed E-state index contributed by atoms with van der Waals surface area (Å²) < 4.78 is 25.0. The van der Waals surface area contributed by atoms with Crippen LogP contribution in [0.15, 0.2) is 24.3 Å². The number of benzene rings is 1. The van der Waals surface area contributed by atoms with Crippen LogP contribution in [0, 0.1) is 17.7 Å². The molecule has 1 aromatic carbocycles. The van der Waals surface area contributed by atoms with Crippen LogP contribution >= 0.6 is 0 Å². The van der Waals surface area contributed by atoms with E-state index in [1.165, 1.54) is 12.1 Å². The highest BCUT2D eigenvalue weighted by molar-refractivity contribution is 5.77. The van der Waals surface area contributed by atoms with Crippen molar-refractivity contribution in [3.8, 4) is 0 Å². The first-order valence-corrected chi connectivity index (χ1v) is 11.5. The molecule has 3 fully saturated rings. The van der Waals surface area contributed by atoms with Crippen LogP contribution in [0.1, 0.15) is 44.6 Å². The van der Waals surface area contributed by atoms with Gasteiger partial charge >= 0.3 is 0 Å². The molecule has 3 saturated heterocycles. The highest BCUT2D eigenvalue weighted by Gasteiger charge is 2.51. The van der Waals surface area contributed by atoms with E-state index in [2.05, 4.69) is 11.8 Å². The van der Waals surface area contributed by atoms with E-state index in [0.717, 1.165) is 70.6 Å². The van der Waals surface area contributed by atoms with Crippen LogP contribution in [0.2, 0.25) is 0 Å². The van der Waals surface area contributed by atoms with Gasteiger partial charge in [0.1, 0.15) is 11.4 Å². The SMILES string of the molecule is CCN1CCC(CC(=O)N2CC3(CC(CCOCc4cccc(F)c4)CO3)C2)CC1. The van der Waals surface area contributed by atoms with Crippen molar-refractivity contribution in [2.45, 2.75) is 51.2 Å². The number of ether oxygens (including phenoxy) is 2. The average Bonchev–Trinajstić information content (AvgIpc) is 3.15. The molecule has 3 aliphatic heterocycles. The van der Waals surface area contributed by atoms with Gasteiger partial charge in [0.25, 0.3) is 0 Å². The number of carbonyl (C=O) groups excluding carboxylic acids is 1. The second-order valence-electron chi connectivity index (χ2n) is 9.37. The van der Waals surface area contributed by atoms with Gasteiger partial charge in [0.05, 0.1) is 26.3 Å². The van der Waals surface area contributed by atoms with Crippen LogP contribution in [0.3, 0.4) is 0 Å². The molecule has 0 saturated carbocycles. The minimum Gasteiger partial charge on any atom is -0.377 e. The van der Waals surface area contributed by atoms with Crippen molar-refractivity contribution in [1.82, 2.24) is 9.80 Å². The molecule has 3 heterocycles.